The Hall–Kier alpha value is -1.19. The van der Waals surface area contributed by atoms with Crippen LogP contribution in [0.15, 0.2) is 0 Å². The molecule has 0 aliphatic carbocycles. The zero-order valence-electron chi connectivity index (χ0n) is 11.6. The van der Waals surface area contributed by atoms with E-state index in [0.29, 0.717) is 17.9 Å². The van der Waals surface area contributed by atoms with Gasteiger partial charge >= 0.3 is 0 Å². The lowest BCUT2D eigenvalue weighted by Gasteiger charge is -2.20. The van der Waals surface area contributed by atoms with Gasteiger partial charge in [-0.1, -0.05) is 34.6 Å². The minimum atomic E-state index is 0.411. The molecule has 0 bridgehead atoms. The van der Waals surface area contributed by atoms with Gasteiger partial charge in [0.05, 0.1) is 11.4 Å². The number of aromatic nitrogens is 3. The third-order valence-corrected chi connectivity index (χ3v) is 3.07. The van der Waals surface area contributed by atoms with Crippen molar-refractivity contribution in [1.82, 2.24) is 15.2 Å². The fourth-order valence-corrected chi connectivity index (χ4v) is 1.91. The average molecular weight is 236 g/mol. The highest BCUT2D eigenvalue weighted by Gasteiger charge is 2.13. The van der Waals surface area contributed by atoms with Gasteiger partial charge in [0.1, 0.15) is 0 Å². The van der Waals surface area contributed by atoms with Gasteiger partial charge in [-0.3, -0.25) is 0 Å². The van der Waals surface area contributed by atoms with Gasteiger partial charge in [-0.25, -0.2) is 4.98 Å². The van der Waals surface area contributed by atoms with E-state index in [2.05, 4.69) is 55.1 Å². The summed E-state index contributed by atoms with van der Waals surface area (Å²) in [6.07, 6.45) is 2.87. The number of anilines is 1. The van der Waals surface area contributed by atoms with Crippen molar-refractivity contribution in [2.24, 2.45) is 5.92 Å². The number of aryl methyl sites for hydroxylation is 2. The van der Waals surface area contributed by atoms with Crippen LogP contribution in [-0.4, -0.2) is 21.2 Å². The monoisotopic (exact) mass is 236 g/mol. The highest BCUT2D eigenvalue weighted by atomic mass is 15.2. The van der Waals surface area contributed by atoms with E-state index in [1.807, 2.05) is 0 Å². The molecule has 4 nitrogen and oxygen atoms in total. The van der Waals surface area contributed by atoms with Crippen molar-refractivity contribution < 1.29 is 0 Å². The highest BCUT2D eigenvalue weighted by Crippen LogP contribution is 2.12. The smallest absolute Gasteiger partial charge is 0.243 e. The molecule has 0 amide bonds. The average Bonchev–Trinajstić information content (AvgIpc) is 2.35. The van der Waals surface area contributed by atoms with Crippen molar-refractivity contribution in [2.45, 2.75) is 59.9 Å². The van der Waals surface area contributed by atoms with Gasteiger partial charge in [0.25, 0.3) is 0 Å². The Morgan fingerprint density at radius 1 is 1.00 bits per heavy atom. The predicted molar refractivity (Wildman–Crippen MR) is 71.1 cm³/mol. The summed E-state index contributed by atoms with van der Waals surface area (Å²) in [4.78, 5) is 4.55. The van der Waals surface area contributed by atoms with Gasteiger partial charge in [-0.15, -0.1) is 5.10 Å². The van der Waals surface area contributed by atoms with Crippen molar-refractivity contribution in [3.63, 3.8) is 0 Å². The van der Waals surface area contributed by atoms with Gasteiger partial charge in [-0.05, 0) is 25.2 Å². The second-order valence-electron chi connectivity index (χ2n) is 4.64. The first-order chi connectivity index (χ1) is 8.12. The molecule has 1 rings (SSSR count). The van der Waals surface area contributed by atoms with E-state index in [9.17, 15) is 0 Å². The third kappa shape index (κ3) is 3.65. The summed E-state index contributed by atoms with van der Waals surface area (Å²) < 4.78 is 0. The van der Waals surface area contributed by atoms with Crippen LogP contribution < -0.4 is 5.32 Å². The van der Waals surface area contributed by atoms with Crippen LogP contribution >= 0.6 is 0 Å². The molecule has 1 unspecified atom stereocenters. The molecule has 0 saturated carbocycles. The van der Waals surface area contributed by atoms with Gasteiger partial charge in [0, 0.05) is 6.04 Å². The fraction of sp³-hybridized carbons (Fsp3) is 0.769. The summed E-state index contributed by atoms with van der Waals surface area (Å²) in [5.74, 6) is 1.24. The van der Waals surface area contributed by atoms with Crippen molar-refractivity contribution in [1.29, 1.82) is 0 Å². The summed E-state index contributed by atoms with van der Waals surface area (Å²) in [5.41, 5.74) is 2.07. The van der Waals surface area contributed by atoms with Gasteiger partial charge in [0.15, 0.2) is 0 Å². The summed E-state index contributed by atoms with van der Waals surface area (Å²) in [7, 11) is 0. The van der Waals surface area contributed by atoms with Gasteiger partial charge < -0.3 is 5.32 Å². The second-order valence-corrected chi connectivity index (χ2v) is 4.64. The number of nitrogens with zero attached hydrogens (tertiary/aromatic N) is 3. The summed E-state index contributed by atoms with van der Waals surface area (Å²) >= 11 is 0. The SMILES string of the molecule is CCc1nnc(NC(CC)C(C)C)nc1CC. The van der Waals surface area contributed by atoms with Crippen molar-refractivity contribution in [2.75, 3.05) is 5.32 Å². The normalized spacial score (nSPS) is 12.8. The van der Waals surface area contributed by atoms with Crippen LogP contribution in [0.1, 0.15) is 52.4 Å². The maximum absolute atomic E-state index is 4.55. The molecule has 96 valence electrons. The topological polar surface area (TPSA) is 50.7 Å². The molecule has 0 fully saturated rings. The summed E-state index contributed by atoms with van der Waals surface area (Å²) in [6, 6.07) is 0.411. The molecule has 0 aliphatic rings. The molecule has 1 aromatic rings. The van der Waals surface area contributed by atoms with E-state index in [4.69, 9.17) is 0 Å². The Bertz CT molecular complexity index is 349. The molecule has 0 radical (unpaired) electrons. The van der Waals surface area contributed by atoms with E-state index in [1.54, 1.807) is 0 Å². The van der Waals surface area contributed by atoms with Crippen LogP contribution in [0, 0.1) is 5.92 Å². The number of nitrogens with one attached hydrogen (secondary N) is 1. The zero-order valence-corrected chi connectivity index (χ0v) is 11.6. The van der Waals surface area contributed by atoms with Crippen molar-refractivity contribution in [3.05, 3.63) is 11.4 Å². The highest BCUT2D eigenvalue weighted by molar-refractivity contribution is 5.27. The van der Waals surface area contributed by atoms with Crippen LogP contribution in [0.5, 0.6) is 0 Å². The number of hydrogen-bond donors (Lipinski definition) is 1. The Morgan fingerprint density at radius 2 is 1.65 bits per heavy atom. The molecule has 1 atom stereocenters. The summed E-state index contributed by atoms with van der Waals surface area (Å²) in [5, 5.41) is 11.8. The molecule has 1 aromatic heterocycles. The minimum absolute atomic E-state index is 0.411. The van der Waals surface area contributed by atoms with E-state index in [1.165, 1.54) is 0 Å². The zero-order chi connectivity index (χ0) is 12.8. The Kier molecular flexibility index (Phi) is 5.32. The number of hydrogen-bond acceptors (Lipinski definition) is 4. The third-order valence-electron chi connectivity index (χ3n) is 3.07. The second kappa shape index (κ2) is 6.52. The molecular weight excluding hydrogens is 212 g/mol. The predicted octanol–water partition coefficient (Wildman–Crippen LogP) is 2.84. The standard InChI is InChI=1S/C13H24N4/c1-6-10(9(4)5)14-13-15-11(7-2)12(8-3)16-17-13/h9-10H,6-8H2,1-5H3,(H,14,15,17). The van der Waals surface area contributed by atoms with E-state index >= 15 is 0 Å². The van der Waals surface area contributed by atoms with Crippen LogP contribution in [0.3, 0.4) is 0 Å². The van der Waals surface area contributed by atoms with E-state index in [-0.39, 0.29) is 0 Å². The largest absolute Gasteiger partial charge is 0.350 e. The lowest BCUT2D eigenvalue weighted by Crippen LogP contribution is -2.26. The van der Waals surface area contributed by atoms with Crippen molar-refractivity contribution >= 4 is 5.95 Å². The molecule has 0 spiro atoms. The quantitative estimate of drug-likeness (QED) is 0.825. The maximum atomic E-state index is 4.55. The van der Waals surface area contributed by atoms with Crippen molar-refractivity contribution in [3.8, 4) is 0 Å². The first-order valence-electron chi connectivity index (χ1n) is 6.61. The summed E-state index contributed by atoms with van der Waals surface area (Å²) in [6.45, 7) is 10.8. The molecule has 17 heavy (non-hydrogen) atoms. The minimum Gasteiger partial charge on any atom is -0.350 e. The Labute approximate surface area is 104 Å². The van der Waals surface area contributed by atoms with Crippen LogP contribution in [0.25, 0.3) is 0 Å². The first kappa shape index (κ1) is 13.9. The molecule has 0 aliphatic heterocycles. The van der Waals surface area contributed by atoms with Crippen LogP contribution in [-0.2, 0) is 12.8 Å². The first-order valence-corrected chi connectivity index (χ1v) is 6.61. The molecular formula is C13H24N4. The van der Waals surface area contributed by atoms with E-state index in [0.717, 1.165) is 30.7 Å². The molecule has 0 saturated heterocycles. The fourth-order valence-electron chi connectivity index (χ4n) is 1.91. The van der Waals surface area contributed by atoms with Crippen LogP contribution in [0.2, 0.25) is 0 Å². The Balaban J connectivity index is 2.85. The molecule has 1 N–H and O–H groups in total. The van der Waals surface area contributed by atoms with Gasteiger partial charge in [0.2, 0.25) is 5.95 Å². The lowest BCUT2D eigenvalue weighted by molar-refractivity contribution is 0.506. The van der Waals surface area contributed by atoms with E-state index < -0.39 is 0 Å². The van der Waals surface area contributed by atoms with Gasteiger partial charge in [-0.2, -0.15) is 5.10 Å². The molecule has 0 aromatic carbocycles. The molecule has 1 heterocycles. The number of rotatable bonds is 6. The Morgan fingerprint density at radius 3 is 2.12 bits per heavy atom. The molecule has 4 heteroatoms. The maximum Gasteiger partial charge on any atom is 0.243 e. The van der Waals surface area contributed by atoms with Crippen LogP contribution in [0.4, 0.5) is 5.95 Å². The lowest BCUT2D eigenvalue weighted by atomic mass is 10.0.